The van der Waals surface area contributed by atoms with E-state index in [4.69, 9.17) is 10.5 Å². The van der Waals surface area contributed by atoms with E-state index in [9.17, 15) is 0 Å². The SMILES string of the molecule is COc1ccccc1N(C)CCCCN. The molecule has 0 atom stereocenters. The number of para-hydroxylation sites is 2. The van der Waals surface area contributed by atoms with Crippen LogP contribution < -0.4 is 15.4 Å². The van der Waals surface area contributed by atoms with E-state index in [1.54, 1.807) is 7.11 Å². The zero-order valence-electron chi connectivity index (χ0n) is 9.57. The Morgan fingerprint density at radius 2 is 2.00 bits per heavy atom. The summed E-state index contributed by atoms with van der Waals surface area (Å²) < 4.78 is 5.31. The molecule has 0 radical (unpaired) electrons. The maximum absolute atomic E-state index is 5.47. The fourth-order valence-electron chi connectivity index (χ4n) is 1.56. The van der Waals surface area contributed by atoms with Gasteiger partial charge in [-0.2, -0.15) is 0 Å². The van der Waals surface area contributed by atoms with Crippen molar-refractivity contribution in [3.05, 3.63) is 24.3 Å². The van der Waals surface area contributed by atoms with Gasteiger partial charge in [0.1, 0.15) is 5.75 Å². The van der Waals surface area contributed by atoms with Gasteiger partial charge in [-0.15, -0.1) is 0 Å². The van der Waals surface area contributed by atoms with E-state index >= 15 is 0 Å². The van der Waals surface area contributed by atoms with Crippen molar-refractivity contribution in [2.24, 2.45) is 5.73 Å². The Balaban J connectivity index is 2.59. The van der Waals surface area contributed by atoms with Crippen LogP contribution in [0.5, 0.6) is 5.75 Å². The first-order valence-corrected chi connectivity index (χ1v) is 5.34. The van der Waals surface area contributed by atoms with E-state index in [0.29, 0.717) is 0 Å². The lowest BCUT2D eigenvalue weighted by atomic mass is 10.2. The smallest absolute Gasteiger partial charge is 0.142 e. The summed E-state index contributed by atoms with van der Waals surface area (Å²) in [6.45, 7) is 1.78. The van der Waals surface area contributed by atoms with Crippen molar-refractivity contribution in [1.29, 1.82) is 0 Å². The minimum Gasteiger partial charge on any atom is -0.495 e. The van der Waals surface area contributed by atoms with Crippen LogP contribution in [0.3, 0.4) is 0 Å². The maximum atomic E-state index is 5.47. The van der Waals surface area contributed by atoms with Crippen LogP contribution in [0.4, 0.5) is 5.69 Å². The van der Waals surface area contributed by atoms with Crippen molar-refractivity contribution in [3.63, 3.8) is 0 Å². The van der Waals surface area contributed by atoms with Gasteiger partial charge in [-0.25, -0.2) is 0 Å². The number of methoxy groups -OCH3 is 1. The number of ether oxygens (including phenoxy) is 1. The van der Waals surface area contributed by atoms with Gasteiger partial charge in [0, 0.05) is 13.6 Å². The molecule has 0 fully saturated rings. The topological polar surface area (TPSA) is 38.5 Å². The molecule has 0 amide bonds. The fraction of sp³-hybridized carbons (Fsp3) is 0.500. The Morgan fingerprint density at radius 3 is 2.67 bits per heavy atom. The van der Waals surface area contributed by atoms with Crippen molar-refractivity contribution in [1.82, 2.24) is 0 Å². The summed E-state index contributed by atoms with van der Waals surface area (Å²) in [7, 11) is 3.78. The van der Waals surface area contributed by atoms with Gasteiger partial charge < -0.3 is 15.4 Å². The monoisotopic (exact) mass is 208 g/mol. The number of nitrogens with two attached hydrogens (primary N) is 1. The number of benzene rings is 1. The molecule has 0 bridgehead atoms. The highest BCUT2D eigenvalue weighted by molar-refractivity contribution is 5.57. The predicted molar refractivity (Wildman–Crippen MR) is 64.6 cm³/mol. The lowest BCUT2D eigenvalue weighted by Gasteiger charge is -2.21. The van der Waals surface area contributed by atoms with Crippen LogP contribution in [0.1, 0.15) is 12.8 Å². The molecular weight excluding hydrogens is 188 g/mol. The summed E-state index contributed by atoms with van der Waals surface area (Å²) in [5.41, 5.74) is 6.60. The maximum Gasteiger partial charge on any atom is 0.142 e. The lowest BCUT2D eigenvalue weighted by molar-refractivity contribution is 0.414. The molecule has 0 aliphatic rings. The summed E-state index contributed by atoms with van der Waals surface area (Å²) in [4.78, 5) is 2.20. The van der Waals surface area contributed by atoms with Gasteiger partial charge in [-0.3, -0.25) is 0 Å². The van der Waals surface area contributed by atoms with Gasteiger partial charge in [0.2, 0.25) is 0 Å². The van der Waals surface area contributed by atoms with Gasteiger partial charge in [0.25, 0.3) is 0 Å². The van der Waals surface area contributed by atoms with Gasteiger partial charge in [0.05, 0.1) is 12.8 Å². The first-order chi connectivity index (χ1) is 7.29. The Morgan fingerprint density at radius 1 is 1.27 bits per heavy atom. The highest BCUT2D eigenvalue weighted by Crippen LogP contribution is 2.26. The van der Waals surface area contributed by atoms with Crippen LogP contribution >= 0.6 is 0 Å². The molecule has 3 nitrogen and oxygen atoms in total. The molecule has 3 heteroatoms. The van der Waals surface area contributed by atoms with Crippen molar-refractivity contribution in [3.8, 4) is 5.75 Å². The molecule has 2 N–H and O–H groups in total. The van der Waals surface area contributed by atoms with E-state index in [1.807, 2.05) is 18.2 Å². The molecule has 1 aromatic rings. The van der Waals surface area contributed by atoms with Crippen LogP contribution in [-0.4, -0.2) is 27.2 Å². The third-order valence-corrected chi connectivity index (χ3v) is 2.44. The number of rotatable bonds is 6. The molecule has 84 valence electrons. The Hall–Kier alpha value is -1.22. The standard InChI is InChI=1S/C12H20N2O/c1-14(10-6-5-9-13)11-7-3-4-8-12(11)15-2/h3-4,7-8H,5-6,9-10,13H2,1-2H3. The molecule has 0 heterocycles. The van der Waals surface area contributed by atoms with Crippen LogP contribution in [0.25, 0.3) is 0 Å². The average Bonchev–Trinajstić information content (AvgIpc) is 2.29. The highest BCUT2D eigenvalue weighted by atomic mass is 16.5. The second-order valence-electron chi connectivity index (χ2n) is 3.59. The first-order valence-electron chi connectivity index (χ1n) is 5.34. The van der Waals surface area contributed by atoms with E-state index in [1.165, 1.54) is 0 Å². The second kappa shape index (κ2) is 6.30. The minimum atomic E-state index is 0.764. The molecule has 0 aliphatic heterocycles. The summed E-state index contributed by atoms with van der Waals surface area (Å²) in [6.07, 6.45) is 2.19. The molecule has 0 saturated heterocycles. The van der Waals surface area contributed by atoms with E-state index in [0.717, 1.165) is 37.4 Å². The molecule has 0 aliphatic carbocycles. The van der Waals surface area contributed by atoms with Gasteiger partial charge in [0.15, 0.2) is 0 Å². The summed E-state index contributed by atoms with van der Waals surface area (Å²) in [6, 6.07) is 8.06. The van der Waals surface area contributed by atoms with Gasteiger partial charge in [-0.1, -0.05) is 12.1 Å². The van der Waals surface area contributed by atoms with Crippen molar-refractivity contribution >= 4 is 5.69 Å². The van der Waals surface area contributed by atoms with Crippen molar-refractivity contribution in [2.75, 3.05) is 32.1 Å². The summed E-state index contributed by atoms with van der Waals surface area (Å²) in [5, 5.41) is 0. The predicted octanol–water partition coefficient (Wildman–Crippen LogP) is 1.87. The third kappa shape index (κ3) is 3.44. The number of hydrogen-bond donors (Lipinski definition) is 1. The van der Waals surface area contributed by atoms with E-state index < -0.39 is 0 Å². The molecule has 0 aromatic heterocycles. The molecule has 15 heavy (non-hydrogen) atoms. The molecule has 1 rings (SSSR count). The van der Waals surface area contributed by atoms with E-state index in [-0.39, 0.29) is 0 Å². The van der Waals surface area contributed by atoms with Crippen LogP contribution in [0.2, 0.25) is 0 Å². The van der Waals surface area contributed by atoms with E-state index in [2.05, 4.69) is 18.0 Å². The fourth-order valence-corrected chi connectivity index (χ4v) is 1.56. The molecule has 0 saturated carbocycles. The minimum absolute atomic E-state index is 0.764. The Bertz CT molecular complexity index is 289. The average molecular weight is 208 g/mol. The largest absolute Gasteiger partial charge is 0.495 e. The normalized spacial score (nSPS) is 10.1. The quantitative estimate of drug-likeness (QED) is 0.725. The van der Waals surface area contributed by atoms with Gasteiger partial charge in [-0.05, 0) is 31.5 Å². The van der Waals surface area contributed by atoms with Crippen LogP contribution in [0, 0.1) is 0 Å². The second-order valence-corrected chi connectivity index (χ2v) is 3.59. The molecular formula is C12H20N2O. The number of hydrogen-bond acceptors (Lipinski definition) is 3. The zero-order valence-corrected chi connectivity index (χ0v) is 9.57. The summed E-state index contributed by atoms with van der Waals surface area (Å²) >= 11 is 0. The molecule has 0 unspecified atom stereocenters. The van der Waals surface area contributed by atoms with Gasteiger partial charge >= 0.3 is 0 Å². The van der Waals surface area contributed by atoms with Crippen LogP contribution in [-0.2, 0) is 0 Å². The Kier molecular flexibility index (Phi) is 4.98. The van der Waals surface area contributed by atoms with Crippen molar-refractivity contribution in [2.45, 2.75) is 12.8 Å². The number of anilines is 1. The lowest BCUT2D eigenvalue weighted by Crippen LogP contribution is -2.19. The number of nitrogens with zero attached hydrogens (tertiary/aromatic N) is 1. The first kappa shape index (κ1) is 11.9. The number of unbranched alkanes of at least 4 members (excludes halogenated alkanes) is 1. The van der Waals surface area contributed by atoms with Crippen molar-refractivity contribution < 1.29 is 4.74 Å². The van der Waals surface area contributed by atoms with Crippen LogP contribution in [0.15, 0.2) is 24.3 Å². The molecule has 1 aromatic carbocycles. The third-order valence-electron chi connectivity index (χ3n) is 2.44. The Labute approximate surface area is 91.8 Å². The zero-order chi connectivity index (χ0) is 11.1. The summed E-state index contributed by atoms with van der Waals surface area (Å²) in [5.74, 6) is 0.924. The highest BCUT2D eigenvalue weighted by Gasteiger charge is 2.05. The molecule has 0 spiro atoms.